The Balaban J connectivity index is 0.000000324. The second-order valence-electron chi connectivity index (χ2n) is 5.72. The van der Waals surface area contributed by atoms with Crippen LogP contribution in [0.1, 0.15) is 39.2 Å². The van der Waals surface area contributed by atoms with E-state index in [1.54, 1.807) is 24.3 Å². The molecular weight excluding hydrogens is 320 g/mol. The van der Waals surface area contributed by atoms with Gasteiger partial charge in [-0.1, -0.05) is 42.5 Å². The molecule has 0 aromatic heterocycles. The van der Waals surface area contributed by atoms with Gasteiger partial charge >= 0.3 is 5.97 Å². The maximum atomic E-state index is 12.3. The van der Waals surface area contributed by atoms with Crippen molar-refractivity contribution in [2.45, 2.75) is 19.1 Å². The number of hydrogen-bond acceptors (Lipinski definition) is 5. The zero-order valence-corrected chi connectivity index (χ0v) is 13.9. The van der Waals surface area contributed by atoms with Crippen LogP contribution in [0.4, 0.5) is 0 Å². The number of fused-ring (bicyclic) bond motifs is 1. The molecule has 2 aromatic rings. The van der Waals surface area contributed by atoms with Crippen molar-refractivity contribution in [2.24, 2.45) is 0 Å². The molecule has 2 aliphatic heterocycles. The van der Waals surface area contributed by atoms with Gasteiger partial charge in [0, 0.05) is 6.92 Å². The van der Waals surface area contributed by atoms with Gasteiger partial charge in [-0.25, -0.2) is 0 Å². The maximum Gasteiger partial charge on any atom is 0.302 e. The molecule has 128 valence electrons. The third-order valence-corrected chi connectivity index (χ3v) is 4.11. The lowest BCUT2D eigenvalue weighted by atomic mass is 10.1. The van der Waals surface area contributed by atoms with Gasteiger partial charge in [-0.05, 0) is 17.7 Å². The molecule has 2 aliphatic rings. The number of methoxy groups -OCH3 is 1. The second-order valence-corrected chi connectivity index (χ2v) is 5.72. The highest BCUT2D eigenvalue weighted by atomic mass is 16.5. The van der Waals surface area contributed by atoms with Crippen LogP contribution in [0, 0.1) is 0 Å². The largest absolute Gasteiger partial charge is 0.469 e. The number of rotatable bonds is 2. The van der Waals surface area contributed by atoms with E-state index in [4.69, 9.17) is 0 Å². The van der Waals surface area contributed by atoms with E-state index in [1.165, 1.54) is 18.9 Å². The number of ether oxygens (including phenoxy) is 1. The summed E-state index contributed by atoms with van der Waals surface area (Å²) in [6, 6.07) is 16.9. The van der Waals surface area contributed by atoms with Gasteiger partial charge in [0.15, 0.2) is 0 Å². The first-order valence-electron chi connectivity index (χ1n) is 7.87. The Kier molecular flexibility index (Phi) is 4.63. The van der Waals surface area contributed by atoms with E-state index >= 15 is 0 Å². The van der Waals surface area contributed by atoms with Crippen molar-refractivity contribution < 1.29 is 19.1 Å². The number of hydrogen-bond donors (Lipinski definition) is 1. The summed E-state index contributed by atoms with van der Waals surface area (Å²) in [7, 11) is 1.35. The Morgan fingerprint density at radius 1 is 0.960 bits per heavy atom. The summed E-state index contributed by atoms with van der Waals surface area (Å²) >= 11 is 0. The summed E-state index contributed by atoms with van der Waals surface area (Å²) in [6.45, 7) is 1.36. The van der Waals surface area contributed by atoms with E-state index in [1.807, 2.05) is 30.3 Å². The lowest BCUT2D eigenvalue weighted by molar-refractivity contribution is -0.137. The minimum atomic E-state index is -0.245. The molecule has 0 radical (unpaired) electrons. The van der Waals surface area contributed by atoms with E-state index in [2.05, 4.69) is 10.1 Å². The van der Waals surface area contributed by atoms with Crippen molar-refractivity contribution in [2.75, 3.05) is 7.11 Å². The summed E-state index contributed by atoms with van der Waals surface area (Å²) in [5.41, 5.74) is 2.09. The summed E-state index contributed by atoms with van der Waals surface area (Å²) in [5, 5.41) is 3.21. The Labute approximate surface area is 145 Å². The fourth-order valence-corrected chi connectivity index (χ4v) is 2.75. The minimum absolute atomic E-state index is 0.0402. The van der Waals surface area contributed by atoms with Gasteiger partial charge in [-0.3, -0.25) is 24.6 Å². The highest BCUT2D eigenvalue weighted by molar-refractivity contribution is 6.21. The summed E-state index contributed by atoms with van der Waals surface area (Å²) in [5.74, 6) is -0.659. The van der Waals surface area contributed by atoms with Gasteiger partial charge in [0.2, 0.25) is 0 Å². The summed E-state index contributed by atoms with van der Waals surface area (Å²) in [4.78, 5) is 35.6. The monoisotopic (exact) mass is 338 g/mol. The smallest absolute Gasteiger partial charge is 0.302 e. The number of carbonyl (C=O) groups excluding carboxylic acids is 3. The number of benzene rings is 2. The highest BCUT2D eigenvalue weighted by Crippen LogP contribution is 2.36. The van der Waals surface area contributed by atoms with Crippen LogP contribution in [-0.2, 0) is 9.53 Å². The predicted octanol–water partition coefficient (Wildman–Crippen LogP) is 2.13. The highest BCUT2D eigenvalue weighted by Gasteiger charge is 2.50. The summed E-state index contributed by atoms with van der Waals surface area (Å²) < 4.78 is 4.11. The zero-order valence-electron chi connectivity index (χ0n) is 13.9. The molecule has 6 nitrogen and oxygen atoms in total. The molecule has 2 atom stereocenters. The number of nitrogens with one attached hydrogen (secondary N) is 1. The van der Waals surface area contributed by atoms with Crippen LogP contribution in [0.3, 0.4) is 0 Å². The molecule has 1 saturated heterocycles. The van der Waals surface area contributed by atoms with Crippen molar-refractivity contribution in [1.29, 1.82) is 0 Å². The average Bonchev–Trinajstić information content (AvgIpc) is 3.38. The fraction of sp³-hybridized carbons (Fsp3) is 0.211. The van der Waals surface area contributed by atoms with Crippen LogP contribution >= 0.6 is 0 Å². The van der Waals surface area contributed by atoms with Gasteiger partial charge < -0.3 is 4.74 Å². The zero-order chi connectivity index (χ0) is 18.0. The molecule has 0 spiro atoms. The Morgan fingerprint density at radius 2 is 1.44 bits per heavy atom. The molecule has 0 saturated carbocycles. The van der Waals surface area contributed by atoms with Crippen LogP contribution < -0.4 is 5.32 Å². The molecule has 1 N–H and O–H groups in total. The number of esters is 1. The van der Waals surface area contributed by atoms with Gasteiger partial charge in [0.1, 0.15) is 6.17 Å². The van der Waals surface area contributed by atoms with Gasteiger partial charge in [0.05, 0.1) is 24.3 Å². The molecule has 6 heteroatoms. The van der Waals surface area contributed by atoms with Crippen LogP contribution in [0.25, 0.3) is 0 Å². The van der Waals surface area contributed by atoms with E-state index in [-0.39, 0.29) is 30.0 Å². The molecule has 1 fully saturated rings. The fourth-order valence-electron chi connectivity index (χ4n) is 2.75. The molecule has 2 amide bonds. The van der Waals surface area contributed by atoms with Crippen molar-refractivity contribution >= 4 is 17.8 Å². The molecule has 0 aliphatic carbocycles. The quantitative estimate of drug-likeness (QED) is 0.515. The Hall–Kier alpha value is -2.99. The SMILES string of the molecule is COC(C)=O.O=C1c2ccccc2C(=O)N1C1NC1c1ccccc1. The average molecular weight is 338 g/mol. The standard InChI is InChI=1S/C16H12N2O2.C3H6O2/c19-15-11-8-4-5-9-12(11)16(20)18(15)14-13(17-14)10-6-2-1-3-7-10;1-3(4)5-2/h1-9,13-14,17H;1-2H3. The van der Waals surface area contributed by atoms with Crippen LogP contribution in [0.2, 0.25) is 0 Å². The van der Waals surface area contributed by atoms with E-state index in [0.717, 1.165) is 5.56 Å². The molecule has 2 unspecified atom stereocenters. The topological polar surface area (TPSA) is 85.6 Å². The van der Waals surface area contributed by atoms with Crippen LogP contribution in [0.15, 0.2) is 54.6 Å². The normalized spacial score (nSPS) is 20.5. The molecule has 2 heterocycles. The van der Waals surface area contributed by atoms with Crippen molar-refractivity contribution in [3.8, 4) is 0 Å². The predicted molar refractivity (Wildman–Crippen MR) is 90.7 cm³/mol. The Bertz CT molecular complexity index is 784. The van der Waals surface area contributed by atoms with E-state index in [0.29, 0.717) is 11.1 Å². The molecule has 2 aromatic carbocycles. The second kappa shape index (κ2) is 6.86. The third kappa shape index (κ3) is 3.29. The number of carbonyl (C=O) groups is 3. The number of imide groups is 1. The third-order valence-electron chi connectivity index (χ3n) is 4.11. The van der Waals surface area contributed by atoms with Crippen molar-refractivity contribution in [3.63, 3.8) is 0 Å². The maximum absolute atomic E-state index is 12.3. The van der Waals surface area contributed by atoms with Crippen LogP contribution in [-0.4, -0.2) is 36.0 Å². The minimum Gasteiger partial charge on any atom is -0.469 e. The van der Waals surface area contributed by atoms with Crippen molar-refractivity contribution in [3.05, 3.63) is 71.3 Å². The van der Waals surface area contributed by atoms with E-state index in [9.17, 15) is 14.4 Å². The van der Waals surface area contributed by atoms with Gasteiger partial charge in [-0.15, -0.1) is 0 Å². The summed E-state index contributed by atoms with van der Waals surface area (Å²) in [6.07, 6.45) is -0.232. The molecule has 0 bridgehead atoms. The van der Waals surface area contributed by atoms with Gasteiger partial charge in [-0.2, -0.15) is 0 Å². The first-order chi connectivity index (χ1) is 12.0. The molecule has 25 heavy (non-hydrogen) atoms. The first kappa shape index (κ1) is 16.9. The lowest BCUT2D eigenvalue weighted by Gasteiger charge is -2.11. The molecule has 4 rings (SSSR count). The van der Waals surface area contributed by atoms with Gasteiger partial charge in [0.25, 0.3) is 11.8 Å². The number of nitrogens with zero attached hydrogens (tertiary/aromatic N) is 1. The Morgan fingerprint density at radius 3 is 1.92 bits per heavy atom. The van der Waals surface area contributed by atoms with Crippen molar-refractivity contribution in [1.82, 2.24) is 10.2 Å². The van der Waals surface area contributed by atoms with Crippen LogP contribution in [0.5, 0.6) is 0 Å². The first-order valence-corrected chi connectivity index (χ1v) is 7.87. The number of amides is 2. The van der Waals surface area contributed by atoms with E-state index < -0.39 is 0 Å². The molecular formula is C19H18N2O4. The lowest BCUT2D eigenvalue weighted by Crippen LogP contribution is -2.34.